The van der Waals surface area contributed by atoms with Crippen molar-refractivity contribution in [3.8, 4) is 0 Å². The summed E-state index contributed by atoms with van der Waals surface area (Å²) in [6.45, 7) is -6.75. The number of para-hydroxylation sites is 2. The van der Waals surface area contributed by atoms with E-state index in [0.717, 1.165) is 0 Å². The highest BCUT2D eigenvalue weighted by atomic mass is 32.7. The number of benzene rings is 2. The third-order valence-corrected chi connectivity index (χ3v) is 28.9. The number of allylic oxidation sites excluding steroid dienone is 4. The Hall–Kier alpha value is -7.60. The van der Waals surface area contributed by atoms with Crippen molar-refractivity contribution >= 4 is 119 Å². The quantitative estimate of drug-likeness (QED) is 0.0445. The van der Waals surface area contributed by atoms with Crippen LogP contribution in [0.15, 0.2) is 123 Å². The van der Waals surface area contributed by atoms with Crippen LogP contribution in [-0.2, 0) is 104 Å². The van der Waals surface area contributed by atoms with Crippen LogP contribution in [0.25, 0.3) is 44.7 Å². The Kier molecular flexibility index (Phi) is 26.2. The van der Waals surface area contributed by atoms with Gasteiger partial charge in [0.25, 0.3) is 11.4 Å². The van der Waals surface area contributed by atoms with E-state index in [-0.39, 0.29) is 45.3 Å². The molecule has 2 aromatic carbocycles. The predicted octanol–water partition coefficient (Wildman–Crippen LogP) is 11.9. The van der Waals surface area contributed by atoms with Crippen molar-refractivity contribution in [2.75, 3.05) is 53.1 Å². The van der Waals surface area contributed by atoms with E-state index in [2.05, 4.69) is 79.8 Å². The van der Waals surface area contributed by atoms with E-state index in [1.165, 1.54) is 112 Å². The topological polar surface area (TPSA) is 428 Å². The SMILES string of the molecule is CP(C)C.CP1(=S)OC[C@H]2OC3[C@H](F)[C@@H]2OP(=O)(SCc2ccccc2[N+](=O)[O-])OC[C@H]2O[C@H]([C@H](F)[C@@H]2O1)n1cnc2c(ncnc21)CC/C=C/CCc1ncnc2c1ncn23.O=[N+]([O-])c1ccccc1CSP1(=O)OC[C@H]2O[C@H]([C@H](F)[C@@H]2O)n2cnc3c(ncnc32)CC/C=C/CCc2ncnc3c2ncn3C2O[C@H](CO)[C@@H](O1)[C@H]2F. The molecular weight excluding hydrogens is 1680 g/mol. The molecule has 36 nitrogen and oxygen atoms in total. The van der Waals surface area contributed by atoms with E-state index in [4.69, 9.17) is 57.9 Å². The van der Waals surface area contributed by atoms with Crippen LogP contribution in [0.4, 0.5) is 28.9 Å². The summed E-state index contributed by atoms with van der Waals surface area (Å²) in [5, 5.41) is 44.8. The van der Waals surface area contributed by atoms with Crippen LogP contribution in [0.2, 0.25) is 0 Å². The Morgan fingerprint density at radius 3 is 1.22 bits per heavy atom. The molecule has 622 valence electrons. The van der Waals surface area contributed by atoms with Crippen molar-refractivity contribution in [1.82, 2.24) is 78.1 Å². The molecule has 10 aromatic rings. The minimum atomic E-state index is -4.61. The Balaban J connectivity index is 0.000000176. The van der Waals surface area contributed by atoms with Gasteiger partial charge in [-0.3, -0.25) is 56.6 Å². The molecule has 8 aromatic heterocycles. The van der Waals surface area contributed by atoms with Crippen LogP contribution in [0, 0.1) is 20.2 Å². The van der Waals surface area contributed by atoms with Crippen molar-refractivity contribution < 1.29 is 92.8 Å². The van der Waals surface area contributed by atoms with Gasteiger partial charge in [-0.1, -0.05) is 60.7 Å². The fourth-order valence-corrected chi connectivity index (χ4v) is 22.7. The Morgan fingerprint density at radius 2 is 0.829 bits per heavy atom. The molecule has 5 unspecified atom stereocenters. The van der Waals surface area contributed by atoms with Gasteiger partial charge in [-0.05, 0) is 106 Å². The Labute approximate surface area is 677 Å². The van der Waals surface area contributed by atoms with Gasteiger partial charge in [0.05, 0.1) is 84.4 Å². The number of aliphatic hydroxyl groups excluding tert-OH is 2. The number of halogens is 4. The molecule has 8 aliphatic rings. The zero-order chi connectivity index (χ0) is 82.0. The highest BCUT2D eigenvalue weighted by molar-refractivity contribution is 8.55. The molecule has 0 radical (unpaired) electrons. The first-order chi connectivity index (χ1) is 56.4. The maximum absolute atomic E-state index is 17.0. The maximum Gasteiger partial charge on any atom is 0.390 e. The summed E-state index contributed by atoms with van der Waals surface area (Å²) in [5.41, 5.74) is 5.28. The number of nitro benzene ring substituents is 2. The zero-order valence-corrected chi connectivity index (χ0v) is 68.7. The number of rotatable bonds is 9. The van der Waals surface area contributed by atoms with E-state index >= 15 is 17.6 Å². The second-order valence-electron chi connectivity index (χ2n) is 28.3. The number of nitrogens with zero attached hydrogens (tertiary/aromatic N) is 18. The number of aliphatic hydroxyl groups is 2. The highest BCUT2D eigenvalue weighted by Crippen LogP contribution is 2.67. The van der Waals surface area contributed by atoms with E-state index in [1.807, 2.05) is 24.3 Å². The van der Waals surface area contributed by atoms with Crippen LogP contribution in [0.5, 0.6) is 0 Å². The monoisotopic (exact) mass is 1750 g/mol. The Bertz CT molecular complexity index is 5500. The van der Waals surface area contributed by atoms with Crippen LogP contribution in [0.1, 0.15) is 84.5 Å². The average molecular weight is 1760 g/mol. The summed E-state index contributed by atoms with van der Waals surface area (Å²) in [5.74, 6) is -0.526. The minimum Gasteiger partial charge on any atom is -0.394 e. The standard InChI is InChI=1S/C34H35F2N9O9P2S2.C33H34F2N9O9PS.C3H9P/c1-55(57)49-12-23-30-26(36)34(51-23)44-18-42-28-21(38-16-40-32(28)44)10-5-3-2-4-9-20-27-31(39-15-37-20)43(17-41-27)33-25(35)29(53-55)24(52-33)13-50-56(48,54-30)58-14-19-8-6-7-11-22(19)45(46)47;34-24-28(46)23-12-50-54(49,55-13-18-7-5-6-10-21(18)44(47)48)53-29-22(11-45)51-33(25(29)35)43-17-41-27-20(37-15-39-31(27)43)9-4-2-1-3-8-19-26-30(38-14-36-19)42(16-40-26)32(24)52-23;1-4(2)3/h2-3,6-8,11,15-18,23-26,29-30,33-34H,4-5,9-10,12-14H2,1H3;1-2,5-7,10,14-17,22-25,28-29,32-33,45-46H,3-4,8-9,11-13H2;1-3H3/b3-2+;2-1+;/t23-,24-,25-,26-,29-,30-,33-,34?,55?,56?;22-,23-,24-,25-,28-,29-,32-,33?,54?;/m11./s1. The van der Waals surface area contributed by atoms with Crippen molar-refractivity contribution in [3.63, 3.8) is 0 Å². The molecule has 5 saturated heterocycles. The van der Waals surface area contributed by atoms with Crippen molar-refractivity contribution in [1.29, 1.82) is 0 Å². The van der Waals surface area contributed by atoms with Gasteiger partial charge in [-0.25, -0.2) is 86.5 Å². The predicted molar refractivity (Wildman–Crippen MR) is 423 cm³/mol. The number of hydrogen-bond donors (Lipinski definition) is 2. The molecular formula is C70H78F4N18O18P4S3. The van der Waals surface area contributed by atoms with Crippen molar-refractivity contribution in [2.24, 2.45) is 0 Å². The van der Waals surface area contributed by atoms with Gasteiger partial charge in [-0.2, -0.15) is 0 Å². The molecule has 19 atom stereocenters. The van der Waals surface area contributed by atoms with Gasteiger partial charge in [0, 0.05) is 41.4 Å². The van der Waals surface area contributed by atoms with E-state index < -0.39 is 155 Å². The van der Waals surface area contributed by atoms with Crippen molar-refractivity contribution in [2.45, 2.75) is 161 Å². The van der Waals surface area contributed by atoms with Crippen LogP contribution < -0.4 is 0 Å². The summed E-state index contributed by atoms with van der Waals surface area (Å²) in [6, 6.07) is 11.6. The first-order valence-electron chi connectivity index (χ1n) is 36.9. The first-order valence-corrected chi connectivity index (χ1v) is 48.9. The molecule has 0 amide bonds. The molecule has 5 fully saturated rings. The van der Waals surface area contributed by atoms with Gasteiger partial charge < -0.3 is 38.2 Å². The molecule has 26 bridgehead atoms. The number of nitro groups is 2. The lowest BCUT2D eigenvalue weighted by Crippen LogP contribution is -2.37. The molecule has 18 rings (SSSR count). The molecule has 0 saturated carbocycles. The molecule has 16 heterocycles. The highest BCUT2D eigenvalue weighted by Gasteiger charge is 2.56. The number of alkyl halides is 4. The number of ether oxygens (including phenoxy) is 4. The van der Waals surface area contributed by atoms with Crippen molar-refractivity contribution in [3.05, 3.63) is 178 Å². The lowest BCUT2D eigenvalue weighted by Gasteiger charge is -2.31. The van der Waals surface area contributed by atoms with Gasteiger partial charge in [0.1, 0.15) is 96.2 Å². The van der Waals surface area contributed by atoms with E-state index in [0.29, 0.717) is 138 Å². The molecule has 47 heteroatoms. The fourth-order valence-electron chi connectivity index (χ4n) is 14.2. The normalized spacial score (nSPS) is 31.5. The summed E-state index contributed by atoms with van der Waals surface area (Å²) in [6.07, 6.45) is -1.95. The zero-order valence-electron chi connectivity index (χ0n) is 62.7. The number of fused-ring (bicyclic) bond motifs is 16. The van der Waals surface area contributed by atoms with Gasteiger partial charge >= 0.3 is 13.6 Å². The second kappa shape index (κ2) is 36.4. The first kappa shape index (κ1) is 84.4. The number of aryl methyl sites for hydroxylation is 4. The van der Waals surface area contributed by atoms with Gasteiger partial charge in [0.2, 0.25) is 0 Å². The summed E-state index contributed by atoms with van der Waals surface area (Å²) in [4.78, 5) is 75.3. The molecule has 0 spiro atoms. The largest absolute Gasteiger partial charge is 0.394 e. The number of aromatic nitrogens is 16. The minimum absolute atomic E-state index is 0.158. The summed E-state index contributed by atoms with van der Waals surface area (Å²) < 4.78 is 162. The van der Waals surface area contributed by atoms with Gasteiger partial charge in [0.15, 0.2) is 78.7 Å². The third-order valence-electron chi connectivity index (χ3n) is 19.8. The third kappa shape index (κ3) is 18.2. The average Bonchev–Trinajstić information content (AvgIpc) is 1.62. The fraction of sp³-hybridized carbons (Fsp3) is 0.486. The maximum atomic E-state index is 17.0. The lowest BCUT2D eigenvalue weighted by molar-refractivity contribution is -0.385. The molecule has 2 N–H and O–H groups in total. The van der Waals surface area contributed by atoms with Gasteiger partial charge in [-0.15, -0.1) is 7.92 Å². The molecule has 117 heavy (non-hydrogen) atoms. The summed E-state index contributed by atoms with van der Waals surface area (Å²) >= 11 is 6.88. The van der Waals surface area contributed by atoms with Crippen LogP contribution in [0.3, 0.4) is 0 Å². The second-order valence-corrected chi connectivity index (χ2v) is 43.0. The summed E-state index contributed by atoms with van der Waals surface area (Å²) in [7, 11) is 0.380. The Morgan fingerprint density at radius 1 is 0.496 bits per heavy atom. The smallest absolute Gasteiger partial charge is 0.390 e. The number of imidazole rings is 4. The van der Waals surface area contributed by atoms with E-state index in [1.54, 1.807) is 12.1 Å². The van der Waals surface area contributed by atoms with Crippen LogP contribution in [-0.4, -0.2) is 225 Å². The number of hydrogen-bond acceptors (Lipinski definition) is 33. The molecule has 8 aliphatic heterocycles. The molecule has 0 aliphatic carbocycles. The lowest BCUT2D eigenvalue weighted by atomic mass is 10.1. The van der Waals surface area contributed by atoms with E-state index in [9.17, 15) is 39.6 Å². The van der Waals surface area contributed by atoms with Crippen LogP contribution >= 0.6 is 50.8 Å².